The summed E-state index contributed by atoms with van der Waals surface area (Å²) in [6.45, 7) is 0.508. The predicted octanol–water partition coefficient (Wildman–Crippen LogP) is 1.07. The Morgan fingerprint density at radius 3 is 2.26 bits per heavy atom. The van der Waals surface area contributed by atoms with Crippen molar-refractivity contribution in [3.05, 3.63) is 42.2 Å². The average molecular weight is 278 g/mol. The van der Waals surface area contributed by atoms with E-state index < -0.39 is 9.84 Å². The van der Waals surface area contributed by atoms with Gasteiger partial charge >= 0.3 is 0 Å². The van der Waals surface area contributed by atoms with Gasteiger partial charge in [-0.3, -0.25) is 0 Å². The number of nitrogens with two attached hydrogens (primary N) is 1. The monoisotopic (exact) mass is 278 g/mol. The molecular weight excluding hydrogens is 264 g/mol. The third-order valence-corrected chi connectivity index (χ3v) is 3.60. The Balaban J connectivity index is 2.02. The fourth-order valence-corrected chi connectivity index (χ4v) is 2.10. The van der Waals surface area contributed by atoms with Crippen LogP contribution < -0.4 is 11.1 Å². The molecule has 0 fully saturated rings. The lowest BCUT2D eigenvalue weighted by Crippen LogP contribution is -2.04. The summed E-state index contributed by atoms with van der Waals surface area (Å²) in [5.74, 6) is 0.474. The van der Waals surface area contributed by atoms with Gasteiger partial charge in [0.2, 0.25) is 5.95 Å². The minimum atomic E-state index is -3.15. The van der Waals surface area contributed by atoms with E-state index in [0.717, 1.165) is 5.56 Å². The number of nitrogens with zero attached hydrogens (tertiary/aromatic N) is 2. The average Bonchev–Trinajstić information content (AvgIpc) is 2.37. The van der Waals surface area contributed by atoms with Crippen molar-refractivity contribution in [1.29, 1.82) is 0 Å². The number of aromatic nitrogens is 2. The van der Waals surface area contributed by atoms with Crippen LogP contribution in [0.1, 0.15) is 5.56 Å². The van der Waals surface area contributed by atoms with Crippen LogP contribution in [0.15, 0.2) is 41.6 Å². The Labute approximate surface area is 111 Å². The molecule has 0 saturated heterocycles. The van der Waals surface area contributed by atoms with Crippen LogP contribution in [-0.4, -0.2) is 24.6 Å². The van der Waals surface area contributed by atoms with Crippen LogP contribution in [0.25, 0.3) is 0 Å². The van der Waals surface area contributed by atoms with Crippen LogP contribution in [0.3, 0.4) is 0 Å². The smallest absolute Gasteiger partial charge is 0.222 e. The first-order valence-electron chi connectivity index (χ1n) is 5.55. The summed E-state index contributed by atoms with van der Waals surface area (Å²) >= 11 is 0. The van der Waals surface area contributed by atoms with Crippen LogP contribution in [0.4, 0.5) is 11.6 Å². The van der Waals surface area contributed by atoms with Crippen molar-refractivity contribution in [2.24, 2.45) is 0 Å². The first-order valence-corrected chi connectivity index (χ1v) is 7.45. The molecule has 100 valence electrons. The molecule has 0 bridgehead atoms. The number of rotatable bonds is 4. The molecule has 6 nitrogen and oxygen atoms in total. The number of hydrogen-bond acceptors (Lipinski definition) is 6. The van der Waals surface area contributed by atoms with E-state index in [2.05, 4.69) is 15.3 Å². The molecule has 0 saturated carbocycles. The molecule has 0 radical (unpaired) electrons. The molecule has 2 aromatic rings. The van der Waals surface area contributed by atoms with Crippen molar-refractivity contribution in [3.8, 4) is 0 Å². The van der Waals surface area contributed by atoms with E-state index in [4.69, 9.17) is 5.73 Å². The van der Waals surface area contributed by atoms with Gasteiger partial charge in [0.05, 0.1) is 23.0 Å². The molecule has 0 aliphatic rings. The maximum Gasteiger partial charge on any atom is 0.222 e. The SMILES string of the molecule is CS(=O)(=O)c1ccc(CNc2ncc(N)cn2)cc1. The van der Waals surface area contributed by atoms with Crippen molar-refractivity contribution < 1.29 is 8.42 Å². The number of sulfone groups is 1. The van der Waals surface area contributed by atoms with Crippen LogP contribution in [-0.2, 0) is 16.4 Å². The van der Waals surface area contributed by atoms with E-state index in [-0.39, 0.29) is 0 Å². The van der Waals surface area contributed by atoms with E-state index in [0.29, 0.717) is 23.1 Å². The topological polar surface area (TPSA) is 98.0 Å². The third-order valence-electron chi connectivity index (χ3n) is 2.47. The molecule has 2 rings (SSSR count). The van der Waals surface area contributed by atoms with Crippen molar-refractivity contribution in [1.82, 2.24) is 9.97 Å². The largest absolute Gasteiger partial charge is 0.396 e. The second kappa shape index (κ2) is 5.23. The molecule has 0 aliphatic heterocycles. The van der Waals surface area contributed by atoms with E-state index >= 15 is 0 Å². The molecule has 3 N–H and O–H groups in total. The minimum Gasteiger partial charge on any atom is -0.396 e. The summed E-state index contributed by atoms with van der Waals surface area (Å²) in [4.78, 5) is 8.32. The molecule has 0 unspecified atom stereocenters. The molecule has 0 atom stereocenters. The van der Waals surface area contributed by atoms with Crippen LogP contribution in [0, 0.1) is 0 Å². The summed E-state index contributed by atoms with van der Waals surface area (Å²) in [7, 11) is -3.15. The Morgan fingerprint density at radius 1 is 1.16 bits per heavy atom. The summed E-state index contributed by atoms with van der Waals surface area (Å²) in [5, 5.41) is 3.02. The van der Waals surface area contributed by atoms with Gasteiger partial charge in [0, 0.05) is 12.8 Å². The van der Waals surface area contributed by atoms with E-state index in [1.165, 1.54) is 18.6 Å². The van der Waals surface area contributed by atoms with E-state index in [1.54, 1.807) is 24.3 Å². The van der Waals surface area contributed by atoms with Gasteiger partial charge in [-0.05, 0) is 17.7 Å². The van der Waals surface area contributed by atoms with Gasteiger partial charge in [0.1, 0.15) is 0 Å². The number of anilines is 2. The highest BCUT2D eigenvalue weighted by Gasteiger charge is 2.06. The Morgan fingerprint density at radius 2 is 1.74 bits per heavy atom. The van der Waals surface area contributed by atoms with Gasteiger partial charge in [-0.25, -0.2) is 18.4 Å². The van der Waals surface area contributed by atoms with Gasteiger partial charge in [-0.1, -0.05) is 12.1 Å². The molecule has 0 aliphatic carbocycles. The fraction of sp³-hybridized carbons (Fsp3) is 0.167. The van der Waals surface area contributed by atoms with Crippen molar-refractivity contribution in [3.63, 3.8) is 0 Å². The van der Waals surface area contributed by atoms with Crippen LogP contribution in [0.2, 0.25) is 0 Å². The number of nitrogens with one attached hydrogen (secondary N) is 1. The summed E-state index contributed by atoms with van der Waals surface area (Å²) < 4.78 is 22.6. The first-order chi connectivity index (χ1) is 8.95. The fourth-order valence-electron chi connectivity index (χ4n) is 1.46. The molecule has 0 amide bonds. The van der Waals surface area contributed by atoms with Crippen LogP contribution in [0.5, 0.6) is 0 Å². The lowest BCUT2D eigenvalue weighted by atomic mass is 10.2. The van der Waals surface area contributed by atoms with Gasteiger partial charge in [0.25, 0.3) is 0 Å². The second-order valence-electron chi connectivity index (χ2n) is 4.11. The second-order valence-corrected chi connectivity index (χ2v) is 6.13. The van der Waals surface area contributed by atoms with Crippen molar-refractivity contribution in [2.45, 2.75) is 11.4 Å². The van der Waals surface area contributed by atoms with Gasteiger partial charge < -0.3 is 11.1 Å². The lowest BCUT2D eigenvalue weighted by molar-refractivity contribution is 0.602. The lowest BCUT2D eigenvalue weighted by Gasteiger charge is -2.05. The Hall–Kier alpha value is -2.15. The molecule has 1 aromatic heterocycles. The maximum absolute atomic E-state index is 11.3. The molecule has 19 heavy (non-hydrogen) atoms. The van der Waals surface area contributed by atoms with Gasteiger partial charge in [0.15, 0.2) is 9.84 Å². The normalized spacial score (nSPS) is 11.2. The highest BCUT2D eigenvalue weighted by Crippen LogP contribution is 2.11. The number of benzene rings is 1. The third kappa shape index (κ3) is 3.65. The Bertz CT molecular complexity index is 651. The maximum atomic E-state index is 11.3. The molecule has 1 heterocycles. The van der Waals surface area contributed by atoms with Gasteiger partial charge in [-0.2, -0.15) is 0 Å². The van der Waals surface area contributed by atoms with Gasteiger partial charge in [-0.15, -0.1) is 0 Å². The minimum absolute atomic E-state index is 0.306. The number of hydrogen-bond donors (Lipinski definition) is 2. The van der Waals surface area contributed by atoms with Crippen molar-refractivity contribution in [2.75, 3.05) is 17.3 Å². The highest BCUT2D eigenvalue weighted by atomic mass is 32.2. The van der Waals surface area contributed by atoms with Crippen LogP contribution >= 0.6 is 0 Å². The zero-order valence-electron chi connectivity index (χ0n) is 10.4. The highest BCUT2D eigenvalue weighted by molar-refractivity contribution is 7.90. The molecule has 0 spiro atoms. The zero-order chi connectivity index (χ0) is 13.9. The molecule has 7 heteroatoms. The number of nitrogen functional groups attached to an aromatic ring is 1. The van der Waals surface area contributed by atoms with E-state index in [9.17, 15) is 8.42 Å². The van der Waals surface area contributed by atoms with E-state index in [1.807, 2.05) is 0 Å². The molecule has 1 aromatic carbocycles. The predicted molar refractivity (Wildman–Crippen MR) is 73.3 cm³/mol. The summed E-state index contributed by atoms with van der Waals surface area (Å²) in [5.41, 5.74) is 6.92. The first kappa shape index (κ1) is 13.3. The Kier molecular flexibility index (Phi) is 3.66. The van der Waals surface area contributed by atoms with Crippen molar-refractivity contribution >= 4 is 21.5 Å². The molecular formula is C12H14N4O2S. The zero-order valence-corrected chi connectivity index (χ0v) is 11.2. The summed E-state index contributed by atoms with van der Waals surface area (Å²) in [6, 6.07) is 6.66. The standard InChI is InChI=1S/C12H14N4O2S/c1-19(17,18)11-4-2-9(3-5-11)6-14-12-15-7-10(13)8-16-12/h2-5,7-8H,6,13H2,1H3,(H,14,15,16). The quantitative estimate of drug-likeness (QED) is 0.868. The summed E-state index contributed by atoms with van der Waals surface area (Å²) in [6.07, 6.45) is 4.21.